The van der Waals surface area contributed by atoms with Crippen molar-refractivity contribution in [2.75, 3.05) is 6.61 Å². The van der Waals surface area contributed by atoms with E-state index in [1.165, 1.54) is 0 Å². The molecule has 5 rings (SSSR count). The summed E-state index contributed by atoms with van der Waals surface area (Å²) in [5.41, 5.74) is 0.0280. The normalized spacial score (nSPS) is 38.1. The highest BCUT2D eigenvalue weighted by atomic mass is 16.9. The van der Waals surface area contributed by atoms with Crippen LogP contribution in [0.2, 0.25) is 0 Å². The number of hydrogen-bond acceptors (Lipinski definition) is 8. The van der Waals surface area contributed by atoms with Gasteiger partial charge in [0.05, 0.1) is 12.6 Å². The van der Waals surface area contributed by atoms with Crippen molar-refractivity contribution in [3.8, 4) is 0 Å². The minimum absolute atomic E-state index is 0.166. The van der Waals surface area contributed by atoms with E-state index in [9.17, 15) is 4.79 Å². The van der Waals surface area contributed by atoms with Gasteiger partial charge in [-0.3, -0.25) is 4.90 Å². The summed E-state index contributed by atoms with van der Waals surface area (Å²) in [6.45, 7) is 11.5. The highest BCUT2D eigenvalue weighted by Gasteiger charge is 2.64. The zero-order chi connectivity index (χ0) is 23.6. The van der Waals surface area contributed by atoms with E-state index in [1.807, 2.05) is 71.9 Å². The van der Waals surface area contributed by atoms with E-state index in [0.29, 0.717) is 0 Å². The second-order valence-electron chi connectivity index (χ2n) is 10.4. The van der Waals surface area contributed by atoms with Gasteiger partial charge in [0.15, 0.2) is 17.9 Å². The Morgan fingerprint density at radius 3 is 2.21 bits per heavy atom. The van der Waals surface area contributed by atoms with Gasteiger partial charge in [0.2, 0.25) is 0 Å². The van der Waals surface area contributed by atoms with Crippen LogP contribution in [0.5, 0.6) is 0 Å². The first-order valence-electron chi connectivity index (χ1n) is 11.5. The summed E-state index contributed by atoms with van der Waals surface area (Å²) in [6, 6.07) is 9.11. The van der Waals surface area contributed by atoms with Crippen LogP contribution in [0.4, 0.5) is 4.79 Å². The van der Waals surface area contributed by atoms with Crippen LogP contribution in [0, 0.1) is 0 Å². The van der Waals surface area contributed by atoms with Gasteiger partial charge in [0.1, 0.15) is 36.7 Å². The predicted molar refractivity (Wildman–Crippen MR) is 115 cm³/mol. The van der Waals surface area contributed by atoms with Crippen LogP contribution in [0.1, 0.15) is 47.1 Å². The van der Waals surface area contributed by atoms with Crippen LogP contribution in [0.3, 0.4) is 0 Å². The quantitative estimate of drug-likeness (QED) is 0.676. The molecular weight excluding hydrogens is 430 g/mol. The summed E-state index contributed by atoms with van der Waals surface area (Å²) in [6.07, 6.45) is -2.98. The second-order valence-corrected chi connectivity index (χ2v) is 10.4. The van der Waals surface area contributed by atoms with Crippen LogP contribution in [-0.2, 0) is 39.8 Å². The Morgan fingerprint density at radius 2 is 1.52 bits per heavy atom. The van der Waals surface area contributed by atoms with E-state index >= 15 is 0 Å². The Labute approximate surface area is 194 Å². The van der Waals surface area contributed by atoms with Gasteiger partial charge >= 0.3 is 6.09 Å². The van der Waals surface area contributed by atoms with E-state index in [2.05, 4.69) is 0 Å². The fourth-order valence-electron chi connectivity index (χ4n) is 5.17. The van der Waals surface area contributed by atoms with Gasteiger partial charge in [-0.15, -0.1) is 0 Å². The molecular formula is C24H33NO8. The maximum atomic E-state index is 13.3. The minimum atomic E-state index is -0.880. The smallest absolute Gasteiger partial charge is 0.412 e. The molecule has 4 aliphatic rings. The summed E-state index contributed by atoms with van der Waals surface area (Å²) < 4.78 is 42.7. The van der Waals surface area contributed by atoms with E-state index in [-0.39, 0.29) is 13.2 Å². The molecule has 0 saturated carbocycles. The molecule has 0 bridgehead atoms. The summed E-state index contributed by atoms with van der Waals surface area (Å²) >= 11 is 0. The van der Waals surface area contributed by atoms with Gasteiger partial charge in [-0.1, -0.05) is 30.3 Å². The molecule has 1 aromatic carbocycles. The van der Waals surface area contributed by atoms with Crippen LogP contribution in [-0.4, -0.2) is 71.6 Å². The topological polar surface area (TPSA) is 84.9 Å². The molecule has 1 aromatic rings. The number of carbonyl (C=O) groups is 1. The Morgan fingerprint density at radius 1 is 0.909 bits per heavy atom. The summed E-state index contributed by atoms with van der Waals surface area (Å²) in [5.74, 6) is -1.64. The first kappa shape index (κ1) is 23.0. The molecule has 4 saturated heterocycles. The van der Waals surface area contributed by atoms with Gasteiger partial charge in [-0.05, 0) is 47.1 Å². The van der Waals surface area contributed by atoms with E-state index in [1.54, 1.807) is 4.90 Å². The largest absolute Gasteiger partial charge is 0.444 e. The lowest BCUT2D eigenvalue weighted by Gasteiger charge is -2.42. The summed E-state index contributed by atoms with van der Waals surface area (Å²) in [4.78, 5) is 14.9. The van der Waals surface area contributed by atoms with Crippen LogP contribution < -0.4 is 0 Å². The lowest BCUT2D eigenvalue weighted by molar-refractivity contribution is -0.244. The number of nitrogens with zero attached hydrogens (tertiary/aromatic N) is 1. The van der Waals surface area contributed by atoms with Crippen molar-refractivity contribution in [3.63, 3.8) is 0 Å². The summed E-state index contributed by atoms with van der Waals surface area (Å²) in [7, 11) is 0. The minimum Gasteiger partial charge on any atom is -0.444 e. The Bertz CT molecular complexity index is 888. The van der Waals surface area contributed by atoms with Crippen LogP contribution >= 0.6 is 0 Å². The monoisotopic (exact) mass is 463 g/mol. The maximum Gasteiger partial charge on any atom is 0.412 e. The standard InChI is InChI=1S/C24H33NO8/c1-22(2)25(21(26)27-12-14-10-8-7-9-11-14)15(13-28-22)16-17-18(31-23(3,4)30-17)19-20(29-16)33-24(5,6)32-19/h7-11,15-20H,12-13H2,1-6H3/t15-,16+,17-,18-,19+,20+/m0/s1. The van der Waals surface area contributed by atoms with E-state index < -0.39 is 60.1 Å². The highest BCUT2D eigenvalue weighted by molar-refractivity contribution is 5.69. The van der Waals surface area contributed by atoms with Crippen LogP contribution in [0.25, 0.3) is 0 Å². The third-order valence-electron chi connectivity index (χ3n) is 6.49. The van der Waals surface area contributed by atoms with Crippen molar-refractivity contribution >= 4 is 6.09 Å². The van der Waals surface area contributed by atoms with E-state index in [4.69, 9.17) is 33.2 Å². The second kappa shape index (κ2) is 7.90. The van der Waals surface area contributed by atoms with Crippen molar-refractivity contribution in [1.82, 2.24) is 4.90 Å². The molecule has 0 N–H and O–H groups in total. The van der Waals surface area contributed by atoms with Gasteiger partial charge in [-0.2, -0.15) is 0 Å². The molecule has 33 heavy (non-hydrogen) atoms. The number of hydrogen-bond donors (Lipinski definition) is 0. The van der Waals surface area contributed by atoms with Crippen molar-refractivity contribution in [1.29, 1.82) is 0 Å². The fraction of sp³-hybridized carbons (Fsp3) is 0.708. The maximum absolute atomic E-state index is 13.3. The number of ether oxygens (including phenoxy) is 7. The molecule has 0 aliphatic carbocycles. The lowest BCUT2D eigenvalue weighted by Crippen LogP contribution is -2.63. The first-order valence-corrected chi connectivity index (χ1v) is 11.5. The molecule has 6 atom stereocenters. The Kier molecular flexibility index (Phi) is 5.51. The summed E-state index contributed by atoms with van der Waals surface area (Å²) in [5, 5.41) is 0. The SMILES string of the molecule is CC1(C)O[C@@H]2[C@H](O1)[C@H]1OC(C)(C)O[C@H]1O[C@@H]2[C@@H]1COC(C)(C)N1C(=O)OCc1ccccc1. The zero-order valence-corrected chi connectivity index (χ0v) is 20.0. The predicted octanol–water partition coefficient (Wildman–Crippen LogP) is 3.16. The van der Waals surface area contributed by atoms with Crippen molar-refractivity contribution < 1.29 is 38.0 Å². The molecule has 1 amide bonds. The molecule has 0 radical (unpaired) electrons. The van der Waals surface area contributed by atoms with Gasteiger partial charge in [0.25, 0.3) is 0 Å². The molecule has 4 heterocycles. The Balaban J connectivity index is 1.39. The number of carbonyl (C=O) groups excluding carboxylic acids is 1. The average molecular weight is 464 g/mol. The number of fused-ring (bicyclic) bond motifs is 3. The molecule has 0 spiro atoms. The Hall–Kier alpha value is -1.75. The molecule has 4 fully saturated rings. The first-order chi connectivity index (χ1) is 15.5. The van der Waals surface area contributed by atoms with Crippen molar-refractivity contribution in [3.05, 3.63) is 35.9 Å². The molecule has 0 unspecified atom stereocenters. The lowest BCUT2D eigenvalue weighted by atomic mass is 9.93. The molecule has 4 aliphatic heterocycles. The van der Waals surface area contributed by atoms with Gasteiger partial charge in [-0.25, -0.2) is 4.79 Å². The zero-order valence-electron chi connectivity index (χ0n) is 20.0. The van der Waals surface area contributed by atoms with E-state index in [0.717, 1.165) is 5.56 Å². The highest BCUT2D eigenvalue weighted by Crippen LogP contribution is 2.46. The number of rotatable bonds is 3. The third-order valence-corrected chi connectivity index (χ3v) is 6.49. The fourth-order valence-corrected chi connectivity index (χ4v) is 5.17. The average Bonchev–Trinajstić information content (AvgIpc) is 3.34. The van der Waals surface area contributed by atoms with Gasteiger partial charge < -0.3 is 33.2 Å². The molecule has 0 aromatic heterocycles. The molecule has 182 valence electrons. The molecule has 9 heteroatoms. The van der Waals surface area contributed by atoms with Gasteiger partial charge in [0, 0.05) is 0 Å². The number of amides is 1. The molecule has 9 nitrogen and oxygen atoms in total. The van der Waals surface area contributed by atoms with Crippen LogP contribution in [0.15, 0.2) is 30.3 Å². The van der Waals surface area contributed by atoms with Crippen molar-refractivity contribution in [2.24, 2.45) is 0 Å². The van der Waals surface area contributed by atoms with Crippen molar-refractivity contribution in [2.45, 2.75) is 102 Å². The number of benzene rings is 1. The third kappa shape index (κ3) is 4.26.